The number of carbonyl (C=O) groups is 1. The van der Waals surface area contributed by atoms with Crippen molar-refractivity contribution in [3.63, 3.8) is 0 Å². The highest BCUT2D eigenvalue weighted by Crippen LogP contribution is 2.22. The first-order valence-electron chi connectivity index (χ1n) is 6.29. The Morgan fingerprint density at radius 1 is 1.20 bits per heavy atom. The molecule has 20 heavy (non-hydrogen) atoms. The third-order valence-corrected chi connectivity index (χ3v) is 3.01. The summed E-state index contributed by atoms with van der Waals surface area (Å²) in [5, 5.41) is 20.8. The lowest BCUT2D eigenvalue weighted by atomic mass is 10.1. The van der Waals surface area contributed by atoms with Gasteiger partial charge in [-0.1, -0.05) is 0 Å². The Hall–Kier alpha value is -2.86. The van der Waals surface area contributed by atoms with E-state index < -0.39 is 0 Å². The van der Waals surface area contributed by atoms with Crippen molar-refractivity contribution >= 4 is 23.0 Å². The molecule has 1 aromatic carbocycles. The number of nitrogens with zero attached hydrogens (tertiary/aromatic N) is 4. The fourth-order valence-corrected chi connectivity index (χ4v) is 1.99. The summed E-state index contributed by atoms with van der Waals surface area (Å²) in [7, 11) is 0. The van der Waals surface area contributed by atoms with Gasteiger partial charge in [0.2, 0.25) is 11.6 Å². The summed E-state index contributed by atoms with van der Waals surface area (Å²) in [5.41, 5.74) is 3.90. The Morgan fingerprint density at radius 3 is 2.50 bits per heavy atom. The molecule has 2 rings (SSSR count). The van der Waals surface area contributed by atoms with Crippen molar-refractivity contribution in [3.05, 3.63) is 24.3 Å². The molecule has 0 spiro atoms. The van der Waals surface area contributed by atoms with Crippen LogP contribution in [0.5, 0.6) is 0 Å². The van der Waals surface area contributed by atoms with E-state index in [1.165, 1.54) is 0 Å². The van der Waals surface area contributed by atoms with Crippen LogP contribution in [0.25, 0.3) is 0 Å². The molecule has 1 heterocycles. The van der Waals surface area contributed by atoms with Gasteiger partial charge in [0.15, 0.2) is 0 Å². The molecule has 0 radical (unpaired) electrons. The minimum absolute atomic E-state index is 0.145. The molecule has 0 unspecified atom stereocenters. The monoisotopic (exact) mass is 267 g/mol. The number of nitriles is 2. The SMILES string of the molecule is N#CC(C#N)=NNc1ccc(N2CCCCC2=O)cc1. The first kappa shape index (κ1) is 13.6. The number of anilines is 2. The molecule has 6 nitrogen and oxygen atoms in total. The van der Waals surface area contributed by atoms with Crippen LogP contribution in [0, 0.1) is 22.7 Å². The third kappa shape index (κ3) is 3.12. The molecule has 0 bridgehead atoms. The second-order valence-corrected chi connectivity index (χ2v) is 4.35. The largest absolute Gasteiger partial charge is 0.312 e. The smallest absolute Gasteiger partial charge is 0.237 e. The Morgan fingerprint density at radius 2 is 1.90 bits per heavy atom. The second-order valence-electron chi connectivity index (χ2n) is 4.35. The maximum absolute atomic E-state index is 11.8. The van der Waals surface area contributed by atoms with Crippen LogP contribution < -0.4 is 10.3 Å². The highest BCUT2D eigenvalue weighted by Gasteiger charge is 2.19. The lowest BCUT2D eigenvalue weighted by molar-refractivity contribution is -0.119. The van der Waals surface area contributed by atoms with Gasteiger partial charge in [-0.15, -0.1) is 0 Å². The van der Waals surface area contributed by atoms with Gasteiger partial charge in [-0.3, -0.25) is 10.2 Å². The van der Waals surface area contributed by atoms with Gasteiger partial charge < -0.3 is 4.90 Å². The molecule has 1 fully saturated rings. The summed E-state index contributed by atoms with van der Waals surface area (Å²) in [5.74, 6) is 0.145. The third-order valence-electron chi connectivity index (χ3n) is 3.01. The lowest BCUT2D eigenvalue weighted by Gasteiger charge is -2.26. The molecular formula is C14H13N5O. The minimum Gasteiger partial charge on any atom is -0.312 e. The summed E-state index contributed by atoms with van der Waals surface area (Å²) in [6.07, 6.45) is 2.57. The molecule has 0 atom stereocenters. The number of amides is 1. The number of nitrogens with one attached hydrogen (secondary N) is 1. The maximum Gasteiger partial charge on any atom is 0.237 e. The van der Waals surface area contributed by atoms with Crippen LogP contribution >= 0.6 is 0 Å². The van der Waals surface area contributed by atoms with Gasteiger partial charge in [-0.05, 0) is 37.1 Å². The second kappa shape index (κ2) is 6.35. The number of hydrogen-bond donors (Lipinski definition) is 1. The number of benzene rings is 1. The van der Waals surface area contributed by atoms with Gasteiger partial charge in [0.25, 0.3) is 0 Å². The van der Waals surface area contributed by atoms with Crippen LogP contribution in [0.2, 0.25) is 0 Å². The molecule has 1 saturated heterocycles. The Labute approximate surface area is 116 Å². The summed E-state index contributed by atoms with van der Waals surface area (Å²) in [4.78, 5) is 13.6. The molecule has 100 valence electrons. The first-order chi connectivity index (χ1) is 9.74. The van der Waals surface area contributed by atoms with E-state index in [2.05, 4.69) is 10.5 Å². The van der Waals surface area contributed by atoms with E-state index in [0.717, 1.165) is 25.1 Å². The Kier molecular flexibility index (Phi) is 4.31. The standard InChI is InChI=1S/C14H13N5O/c15-9-12(10-16)18-17-11-4-6-13(7-5-11)19-8-2-1-3-14(19)20/h4-7,17H,1-3,8H2. The number of piperidine rings is 1. The highest BCUT2D eigenvalue weighted by atomic mass is 16.2. The number of carbonyl (C=O) groups excluding carboxylic acids is 1. The van der Waals surface area contributed by atoms with E-state index in [1.54, 1.807) is 29.2 Å². The maximum atomic E-state index is 11.8. The van der Waals surface area contributed by atoms with Crippen molar-refractivity contribution in [2.24, 2.45) is 5.10 Å². The van der Waals surface area contributed by atoms with Crippen molar-refractivity contribution < 1.29 is 4.79 Å². The predicted molar refractivity (Wildman–Crippen MR) is 74.9 cm³/mol. The number of rotatable bonds is 3. The average molecular weight is 267 g/mol. The highest BCUT2D eigenvalue weighted by molar-refractivity contribution is 6.10. The van der Waals surface area contributed by atoms with Crippen molar-refractivity contribution in [2.75, 3.05) is 16.9 Å². The van der Waals surface area contributed by atoms with E-state index in [4.69, 9.17) is 10.5 Å². The quantitative estimate of drug-likeness (QED) is 0.669. The fraction of sp³-hybridized carbons (Fsp3) is 0.286. The molecule has 0 aliphatic carbocycles. The molecule has 1 aliphatic heterocycles. The summed E-state index contributed by atoms with van der Waals surface area (Å²) < 4.78 is 0. The summed E-state index contributed by atoms with van der Waals surface area (Å²) in [6, 6.07) is 10.5. The van der Waals surface area contributed by atoms with Crippen LogP contribution in [0.4, 0.5) is 11.4 Å². The van der Waals surface area contributed by atoms with Crippen LogP contribution in [0.1, 0.15) is 19.3 Å². The van der Waals surface area contributed by atoms with Crippen LogP contribution in [-0.2, 0) is 4.79 Å². The zero-order valence-electron chi connectivity index (χ0n) is 10.8. The van der Waals surface area contributed by atoms with Crippen molar-refractivity contribution in [3.8, 4) is 12.1 Å². The zero-order valence-corrected chi connectivity index (χ0v) is 10.8. The summed E-state index contributed by atoms with van der Waals surface area (Å²) in [6.45, 7) is 0.747. The van der Waals surface area contributed by atoms with Crippen LogP contribution in [0.15, 0.2) is 29.4 Å². The first-order valence-corrected chi connectivity index (χ1v) is 6.29. The Bertz CT molecular complexity index is 590. The predicted octanol–water partition coefficient (Wildman–Crippen LogP) is 2.02. The molecule has 1 aromatic rings. The molecule has 1 amide bonds. The topological polar surface area (TPSA) is 92.3 Å². The van der Waals surface area contributed by atoms with Crippen molar-refractivity contribution in [1.82, 2.24) is 0 Å². The minimum atomic E-state index is -0.236. The zero-order chi connectivity index (χ0) is 14.4. The number of hydrazone groups is 1. The normalized spacial score (nSPS) is 14.1. The van der Waals surface area contributed by atoms with E-state index in [9.17, 15) is 4.79 Å². The van der Waals surface area contributed by atoms with Crippen LogP contribution in [-0.4, -0.2) is 18.2 Å². The van der Waals surface area contributed by atoms with Gasteiger partial charge in [-0.2, -0.15) is 15.6 Å². The molecular weight excluding hydrogens is 254 g/mol. The van der Waals surface area contributed by atoms with Crippen LogP contribution in [0.3, 0.4) is 0 Å². The van der Waals surface area contributed by atoms with Crippen molar-refractivity contribution in [1.29, 1.82) is 10.5 Å². The average Bonchev–Trinajstić information content (AvgIpc) is 2.49. The van der Waals surface area contributed by atoms with Gasteiger partial charge in [0, 0.05) is 18.7 Å². The van der Waals surface area contributed by atoms with Crippen molar-refractivity contribution in [2.45, 2.75) is 19.3 Å². The van der Waals surface area contributed by atoms with Gasteiger partial charge >= 0.3 is 0 Å². The van der Waals surface area contributed by atoms with E-state index in [1.807, 2.05) is 12.1 Å². The lowest BCUT2D eigenvalue weighted by Crippen LogP contribution is -2.35. The van der Waals surface area contributed by atoms with Gasteiger partial charge in [-0.25, -0.2) is 0 Å². The van der Waals surface area contributed by atoms with E-state index in [-0.39, 0.29) is 11.6 Å². The molecule has 1 aliphatic rings. The molecule has 1 N–H and O–H groups in total. The number of hydrogen-bond acceptors (Lipinski definition) is 5. The van der Waals surface area contributed by atoms with E-state index >= 15 is 0 Å². The molecule has 0 saturated carbocycles. The molecule has 0 aromatic heterocycles. The van der Waals surface area contributed by atoms with E-state index in [0.29, 0.717) is 12.1 Å². The summed E-state index contributed by atoms with van der Waals surface area (Å²) >= 11 is 0. The molecule has 6 heteroatoms. The van der Waals surface area contributed by atoms with Gasteiger partial charge in [0.05, 0.1) is 5.69 Å². The fourth-order valence-electron chi connectivity index (χ4n) is 1.99. The van der Waals surface area contributed by atoms with Gasteiger partial charge in [0.1, 0.15) is 12.1 Å². The Balaban J connectivity index is 2.07.